The Balaban J connectivity index is 1.72. The van der Waals surface area contributed by atoms with E-state index in [9.17, 15) is 13.2 Å². The molecular formula is C25H23N5O3S. The molecule has 0 aliphatic rings. The van der Waals surface area contributed by atoms with Crippen LogP contribution in [0.2, 0.25) is 0 Å². The van der Waals surface area contributed by atoms with Crippen molar-refractivity contribution < 1.29 is 8.42 Å². The summed E-state index contributed by atoms with van der Waals surface area (Å²) in [5, 5.41) is 12.0. The zero-order chi connectivity index (χ0) is 24.1. The van der Waals surface area contributed by atoms with Gasteiger partial charge in [-0.2, -0.15) is 0 Å². The van der Waals surface area contributed by atoms with Crippen LogP contribution in [0.25, 0.3) is 27.2 Å². The fraction of sp³-hybridized carbons (Fsp3) is 0.120. The number of nitrogens with one attached hydrogen (secondary N) is 3. The molecule has 2 heterocycles. The molecule has 9 heteroatoms. The first kappa shape index (κ1) is 23.2. The van der Waals surface area contributed by atoms with Crippen molar-refractivity contribution >= 4 is 43.5 Å². The Bertz CT molecular complexity index is 1570. The lowest BCUT2D eigenvalue weighted by molar-refractivity contribution is 0.580. The summed E-state index contributed by atoms with van der Waals surface area (Å²) in [6, 6.07) is 13.8. The van der Waals surface area contributed by atoms with Crippen LogP contribution in [-0.4, -0.2) is 31.6 Å². The minimum absolute atomic E-state index is 0.161. The summed E-state index contributed by atoms with van der Waals surface area (Å²) < 4.78 is 27.9. The lowest BCUT2D eigenvalue weighted by atomic mass is 10.1. The molecule has 3 N–H and O–H groups in total. The van der Waals surface area contributed by atoms with Gasteiger partial charge >= 0.3 is 0 Å². The summed E-state index contributed by atoms with van der Waals surface area (Å²) in [5.41, 5.74) is 2.79. The average Bonchev–Trinajstić information content (AvgIpc) is 2.98. The van der Waals surface area contributed by atoms with Crippen molar-refractivity contribution in [3.63, 3.8) is 0 Å². The number of hydrogen-bond acceptors (Lipinski definition) is 7. The van der Waals surface area contributed by atoms with Crippen LogP contribution in [0.5, 0.6) is 0 Å². The number of aromatic nitrogens is 2. The molecule has 0 bridgehead atoms. The van der Waals surface area contributed by atoms with E-state index < -0.39 is 10.0 Å². The normalized spacial score (nSPS) is 12.1. The van der Waals surface area contributed by atoms with E-state index in [-0.39, 0.29) is 17.7 Å². The second kappa shape index (κ2) is 9.90. The van der Waals surface area contributed by atoms with Crippen LogP contribution < -0.4 is 15.5 Å². The fourth-order valence-corrected chi connectivity index (χ4v) is 4.73. The molecule has 0 fully saturated rings. The Hall–Kier alpha value is -3.95. The van der Waals surface area contributed by atoms with Crippen molar-refractivity contribution in [2.24, 2.45) is 0 Å². The van der Waals surface area contributed by atoms with Gasteiger partial charge in [0.05, 0.1) is 11.3 Å². The van der Waals surface area contributed by atoms with Crippen molar-refractivity contribution in [2.75, 3.05) is 7.05 Å². The largest absolute Gasteiger partial charge is 0.393 e. The second-order valence-corrected chi connectivity index (χ2v) is 9.52. The smallest absolute Gasteiger partial charge is 0.216 e. The minimum atomic E-state index is -3.63. The average molecular weight is 474 g/mol. The van der Waals surface area contributed by atoms with Crippen molar-refractivity contribution in [3.05, 3.63) is 100 Å². The Morgan fingerprint density at radius 2 is 1.79 bits per heavy atom. The third-order valence-corrected chi connectivity index (χ3v) is 6.63. The number of benzene rings is 1. The van der Waals surface area contributed by atoms with Crippen LogP contribution in [0.4, 0.5) is 0 Å². The molecule has 0 saturated carbocycles. The Kier molecular flexibility index (Phi) is 6.76. The minimum Gasteiger partial charge on any atom is -0.393 e. The van der Waals surface area contributed by atoms with E-state index in [1.807, 2.05) is 0 Å². The van der Waals surface area contributed by atoms with Crippen LogP contribution in [0.3, 0.4) is 0 Å². The highest BCUT2D eigenvalue weighted by molar-refractivity contribution is 7.88. The molecule has 2 aromatic carbocycles. The van der Waals surface area contributed by atoms with Crippen molar-refractivity contribution in [2.45, 2.75) is 12.3 Å². The Morgan fingerprint density at radius 1 is 1.03 bits per heavy atom. The zero-order valence-corrected chi connectivity index (χ0v) is 19.3. The predicted octanol–water partition coefficient (Wildman–Crippen LogP) is 2.97. The zero-order valence-electron chi connectivity index (χ0n) is 18.4. The van der Waals surface area contributed by atoms with E-state index in [2.05, 4.69) is 20.0 Å². The van der Waals surface area contributed by atoms with Gasteiger partial charge in [-0.05, 0) is 46.8 Å². The molecule has 0 amide bonds. The van der Waals surface area contributed by atoms with E-state index in [0.717, 1.165) is 5.56 Å². The van der Waals surface area contributed by atoms with Crippen molar-refractivity contribution in [3.8, 4) is 0 Å². The summed E-state index contributed by atoms with van der Waals surface area (Å²) in [6.45, 7) is 0.161. The van der Waals surface area contributed by atoms with Gasteiger partial charge in [0.15, 0.2) is 5.43 Å². The quantitative estimate of drug-likeness (QED) is 0.338. The van der Waals surface area contributed by atoms with E-state index in [4.69, 9.17) is 5.41 Å². The highest BCUT2D eigenvalue weighted by Crippen LogP contribution is 2.20. The van der Waals surface area contributed by atoms with Gasteiger partial charge in [-0.1, -0.05) is 18.2 Å². The molecule has 0 unspecified atom stereocenters. The third kappa shape index (κ3) is 5.16. The van der Waals surface area contributed by atoms with E-state index in [0.29, 0.717) is 38.4 Å². The molecular weight excluding hydrogens is 450 g/mol. The molecule has 0 spiro atoms. The van der Waals surface area contributed by atoms with Gasteiger partial charge in [0.25, 0.3) is 0 Å². The third-order valence-electron chi connectivity index (χ3n) is 5.34. The van der Waals surface area contributed by atoms with Crippen LogP contribution in [-0.2, 0) is 22.3 Å². The number of fused-ring (bicyclic) bond motifs is 2. The maximum atomic E-state index is 13.4. The standard InChI is InChI=1S/C25H23N5O3S/c1-27-14-21(12-26)20-11-23-24(29-15-20)5-4-19-3-2-18(10-22(19)25(23)31)16-34(32,33)30-13-17-6-8-28-9-7-17/h2-12,14-15,26-27,30H,13,16H2,1H3/b21-14+,26-12?. The number of allylic oxidation sites excluding steroid dienone is 1. The number of hydrogen-bond donors (Lipinski definition) is 3. The van der Waals surface area contributed by atoms with E-state index in [1.54, 1.807) is 80.4 Å². The van der Waals surface area contributed by atoms with Crippen LogP contribution in [0, 0.1) is 5.41 Å². The summed E-state index contributed by atoms with van der Waals surface area (Å²) in [6.07, 6.45) is 7.67. The van der Waals surface area contributed by atoms with Gasteiger partial charge in [-0.15, -0.1) is 0 Å². The molecule has 34 heavy (non-hydrogen) atoms. The first-order chi connectivity index (χ1) is 16.4. The number of rotatable bonds is 8. The van der Waals surface area contributed by atoms with Gasteiger partial charge < -0.3 is 10.7 Å². The van der Waals surface area contributed by atoms with E-state index in [1.165, 1.54) is 6.21 Å². The van der Waals surface area contributed by atoms with Gasteiger partial charge in [-0.25, -0.2) is 13.1 Å². The molecule has 0 aliphatic carbocycles. The summed E-state index contributed by atoms with van der Waals surface area (Å²) in [5.74, 6) is -0.254. The summed E-state index contributed by atoms with van der Waals surface area (Å²) in [4.78, 5) is 21.8. The van der Waals surface area contributed by atoms with Crippen LogP contribution in [0.15, 0.2) is 78.1 Å². The molecule has 0 saturated heterocycles. The molecule has 8 nitrogen and oxygen atoms in total. The summed E-state index contributed by atoms with van der Waals surface area (Å²) >= 11 is 0. The fourth-order valence-electron chi connectivity index (χ4n) is 3.63. The molecule has 4 aromatic rings. The first-order valence-electron chi connectivity index (χ1n) is 10.5. The monoisotopic (exact) mass is 473 g/mol. The maximum Gasteiger partial charge on any atom is 0.216 e. The number of nitrogens with zero attached hydrogens (tertiary/aromatic N) is 2. The molecule has 0 radical (unpaired) electrons. The molecule has 0 aliphatic heterocycles. The highest BCUT2D eigenvalue weighted by Gasteiger charge is 2.13. The van der Waals surface area contributed by atoms with Gasteiger partial charge in [0.2, 0.25) is 10.0 Å². The Morgan fingerprint density at radius 3 is 2.53 bits per heavy atom. The molecule has 0 atom stereocenters. The second-order valence-electron chi connectivity index (χ2n) is 7.71. The van der Waals surface area contributed by atoms with E-state index >= 15 is 0 Å². The number of sulfonamides is 1. The molecule has 2 aromatic heterocycles. The summed E-state index contributed by atoms with van der Waals surface area (Å²) in [7, 11) is -1.90. The van der Waals surface area contributed by atoms with Gasteiger partial charge in [-0.3, -0.25) is 14.8 Å². The number of pyridine rings is 2. The molecule has 4 rings (SSSR count). The van der Waals surface area contributed by atoms with Crippen LogP contribution in [0.1, 0.15) is 16.7 Å². The van der Waals surface area contributed by atoms with Gasteiger partial charge in [0, 0.05) is 66.5 Å². The predicted molar refractivity (Wildman–Crippen MR) is 135 cm³/mol. The van der Waals surface area contributed by atoms with Gasteiger partial charge in [0.1, 0.15) is 0 Å². The Labute approximate surface area is 197 Å². The van der Waals surface area contributed by atoms with Crippen LogP contribution >= 0.6 is 0 Å². The maximum absolute atomic E-state index is 13.4. The van der Waals surface area contributed by atoms with Crippen molar-refractivity contribution in [1.82, 2.24) is 20.0 Å². The topological polar surface area (TPSA) is 125 Å². The first-order valence-corrected chi connectivity index (χ1v) is 12.2. The SMILES string of the molecule is CN/C=C(\C=N)c1cnc2ccc3ccc(CS(=O)(=O)NCc4ccncc4)cc3c(=O)c2c1. The lowest BCUT2D eigenvalue weighted by Crippen LogP contribution is -2.24. The molecule has 172 valence electrons. The highest BCUT2D eigenvalue weighted by atomic mass is 32.2. The lowest BCUT2D eigenvalue weighted by Gasteiger charge is -2.07. The van der Waals surface area contributed by atoms with Crippen molar-refractivity contribution in [1.29, 1.82) is 5.41 Å².